The predicted octanol–water partition coefficient (Wildman–Crippen LogP) is 0.618. The molecule has 0 aliphatic rings. The van der Waals surface area contributed by atoms with Crippen LogP contribution in [0.2, 0.25) is 0 Å². The van der Waals surface area contributed by atoms with E-state index >= 15 is 0 Å². The summed E-state index contributed by atoms with van der Waals surface area (Å²) in [6.45, 7) is -3.58. The van der Waals surface area contributed by atoms with Crippen LogP contribution < -0.4 is 21.1 Å². The summed E-state index contributed by atoms with van der Waals surface area (Å²) in [6, 6.07) is 8.12. The molecule has 2 rings (SSSR count). The number of alkyl halides is 2. The second-order valence-corrected chi connectivity index (χ2v) is 8.49. The van der Waals surface area contributed by atoms with Crippen LogP contribution >= 0.6 is 0 Å². The number of amides is 2. The van der Waals surface area contributed by atoms with Crippen LogP contribution in [0, 0.1) is 11.3 Å². The van der Waals surface area contributed by atoms with Crippen molar-refractivity contribution in [3.05, 3.63) is 53.7 Å². The summed E-state index contributed by atoms with van der Waals surface area (Å²) in [5.41, 5.74) is 5.50. The molecule has 0 saturated heterocycles. The van der Waals surface area contributed by atoms with Gasteiger partial charge in [0.1, 0.15) is 24.2 Å². The zero-order chi connectivity index (χ0) is 23.7. The summed E-state index contributed by atoms with van der Waals surface area (Å²) in [5.74, 6) is -3.86. The van der Waals surface area contributed by atoms with Crippen molar-refractivity contribution in [2.45, 2.75) is 18.4 Å². The molecule has 32 heavy (non-hydrogen) atoms. The Kier molecular flexibility index (Phi) is 8.42. The largest absolute Gasteiger partial charge is 0.435 e. The van der Waals surface area contributed by atoms with Crippen molar-refractivity contribution in [1.29, 1.82) is 5.26 Å². The normalized spacial score (nSPS) is 11.9. The van der Waals surface area contributed by atoms with Crippen molar-refractivity contribution in [3.8, 4) is 11.8 Å². The second kappa shape index (κ2) is 11.0. The Morgan fingerprint density at radius 3 is 2.59 bits per heavy atom. The minimum absolute atomic E-state index is 0.0492. The van der Waals surface area contributed by atoms with Crippen LogP contribution in [-0.4, -0.2) is 50.2 Å². The number of carbonyl (C=O) groups excluding carboxylic acids is 2. The van der Waals surface area contributed by atoms with E-state index in [0.29, 0.717) is 0 Å². The molecular weight excluding hydrogens is 448 g/mol. The monoisotopic (exact) mass is 467 g/mol. The summed E-state index contributed by atoms with van der Waals surface area (Å²) in [6.07, 6.45) is 1.34. The number of nitrogens with zero attached hydrogens (tertiary/aromatic N) is 2. The van der Waals surface area contributed by atoms with Crippen molar-refractivity contribution < 1.29 is 31.5 Å². The quantitative estimate of drug-likeness (QED) is 0.428. The van der Waals surface area contributed by atoms with Gasteiger partial charge in [-0.25, -0.2) is 13.4 Å². The maximum atomic E-state index is 12.7. The zero-order valence-corrected chi connectivity index (χ0v) is 17.3. The van der Waals surface area contributed by atoms with Gasteiger partial charge in [-0.1, -0.05) is 18.2 Å². The van der Waals surface area contributed by atoms with Gasteiger partial charge in [-0.2, -0.15) is 14.0 Å². The van der Waals surface area contributed by atoms with E-state index in [0.717, 1.165) is 0 Å². The van der Waals surface area contributed by atoms with Gasteiger partial charge >= 0.3 is 6.61 Å². The number of carbonyl (C=O) groups is 2. The Labute approximate surface area is 182 Å². The SMILES string of the molecule is N#CCNC(=O)[C@H](CS(=O)(=O)Cc1ccccc1OC(F)F)NC(=O)c1cccnc1N. The molecule has 2 amide bonds. The second-order valence-electron chi connectivity index (χ2n) is 6.38. The van der Waals surface area contributed by atoms with E-state index in [4.69, 9.17) is 11.0 Å². The highest BCUT2D eigenvalue weighted by atomic mass is 32.2. The lowest BCUT2D eigenvalue weighted by molar-refractivity contribution is -0.122. The van der Waals surface area contributed by atoms with Crippen molar-refractivity contribution in [2.24, 2.45) is 0 Å². The van der Waals surface area contributed by atoms with Crippen LogP contribution in [0.15, 0.2) is 42.6 Å². The Morgan fingerprint density at radius 1 is 1.22 bits per heavy atom. The van der Waals surface area contributed by atoms with Crippen LogP contribution in [0.5, 0.6) is 5.75 Å². The zero-order valence-electron chi connectivity index (χ0n) is 16.5. The number of nitrogen functional groups attached to an aromatic ring is 1. The fraction of sp³-hybridized carbons (Fsp3) is 0.263. The van der Waals surface area contributed by atoms with Gasteiger partial charge < -0.3 is 21.1 Å². The standard InChI is InChI=1S/C19H19F2N5O5S/c20-19(21)31-15-6-2-1-4-12(15)10-32(29,30)11-14(18(28)25-9-7-22)26-17(27)13-5-3-8-24-16(13)23/h1-6,8,14,19H,9-11H2,(H2,23,24)(H,25,28)(H,26,27)/t14-/m0/s1. The van der Waals surface area contributed by atoms with Crippen molar-refractivity contribution in [3.63, 3.8) is 0 Å². The van der Waals surface area contributed by atoms with Gasteiger partial charge in [-0.3, -0.25) is 9.59 Å². The van der Waals surface area contributed by atoms with E-state index in [2.05, 4.69) is 20.4 Å². The number of rotatable bonds is 10. The Bertz CT molecular complexity index is 1120. The molecule has 0 aliphatic heterocycles. The first-order chi connectivity index (χ1) is 15.1. The van der Waals surface area contributed by atoms with Gasteiger partial charge in [0.15, 0.2) is 9.84 Å². The lowest BCUT2D eigenvalue weighted by atomic mass is 10.2. The number of nitrogens with two attached hydrogens (primary N) is 1. The van der Waals surface area contributed by atoms with Gasteiger partial charge in [0.05, 0.1) is 23.1 Å². The predicted molar refractivity (Wildman–Crippen MR) is 109 cm³/mol. The molecule has 0 bridgehead atoms. The number of benzene rings is 1. The molecule has 0 saturated carbocycles. The molecule has 0 spiro atoms. The molecule has 4 N–H and O–H groups in total. The Morgan fingerprint density at radius 2 is 1.94 bits per heavy atom. The van der Waals surface area contributed by atoms with Crippen LogP contribution in [0.1, 0.15) is 15.9 Å². The van der Waals surface area contributed by atoms with Gasteiger partial charge in [0.2, 0.25) is 5.91 Å². The van der Waals surface area contributed by atoms with Crippen LogP contribution in [0.4, 0.5) is 14.6 Å². The van der Waals surface area contributed by atoms with Gasteiger partial charge in [0, 0.05) is 11.8 Å². The van der Waals surface area contributed by atoms with E-state index in [1.54, 1.807) is 6.07 Å². The number of ether oxygens (including phenoxy) is 1. The molecule has 1 aromatic heterocycles. The maximum absolute atomic E-state index is 12.7. The first-order valence-corrected chi connectivity index (χ1v) is 10.8. The Balaban J connectivity index is 2.25. The molecule has 1 heterocycles. The number of anilines is 1. The van der Waals surface area contributed by atoms with Crippen LogP contribution in [0.3, 0.4) is 0 Å². The third kappa shape index (κ3) is 7.17. The minimum Gasteiger partial charge on any atom is -0.435 e. The molecule has 0 unspecified atom stereocenters. The summed E-state index contributed by atoms with van der Waals surface area (Å²) in [5, 5.41) is 13.1. The average molecular weight is 467 g/mol. The van der Waals surface area contributed by atoms with Gasteiger partial charge in [0.25, 0.3) is 5.91 Å². The number of pyridine rings is 1. The van der Waals surface area contributed by atoms with Crippen molar-refractivity contribution >= 4 is 27.5 Å². The van der Waals surface area contributed by atoms with E-state index < -0.39 is 52.4 Å². The lowest BCUT2D eigenvalue weighted by Crippen LogP contribution is -2.50. The van der Waals surface area contributed by atoms with Crippen molar-refractivity contribution in [1.82, 2.24) is 15.6 Å². The van der Waals surface area contributed by atoms with E-state index in [1.807, 2.05) is 0 Å². The van der Waals surface area contributed by atoms with E-state index in [-0.39, 0.29) is 22.7 Å². The lowest BCUT2D eigenvalue weighted by Gasteiger charge is -2.19. The third-order valence-electron chi connectivity index (χ3n) is 4.03. The van der Waals surface area contributed by atoms with Gasteiger partial charge in [-0.05, 0) is 18.2 Å². The highest BCUT2D eigenvalue weighted by molar-refractivity contribution is 7.90. The minimum atomic E-state index is -4.13. The van der Waals surface area contributed by atoms with Crippen molar-refractivity contribution in [2.75, 3.05) is 18.0 Å². The fourth-order valence-corrected chi connectivity index (χ4v) is 4.23. The van der Waals surface area contributed by atoms with Gasteiger partial charge in [-0.15, -0.1) is 0 Å². The van der Waals surface area contributed by atoms with Crippen LogP contribution in [0.25, 0.3) is 0 Å². The number of halogens is 2. The molecule has 10 nitrogen and oxygen atoms in total. The molecular formula is C19H19F2N5O5S. The van der Waals surface area contributed by atoms with E-state index in [1.165, 1.54) is 42.6 Å². The number of hydrogen-bond donors (Lipinski definition) is 3. The summed E-state index contributed by atoms with van der Waals surface area (Å²) in [7, 11) is -4.13. The highest BCUT2D eigenvalue weighted by Crippen LogP contribution is 2.23. The molecule has 170 valence electrons. The fourth-order valence-electron chi connectivity index (χ4n) is 2.66. The molecule has 1 aromatic carbocycles. The highest BCUT2D eigenvalue weighted by Gasteiger charge is 2.29. The average Bonchev–Trinajstić information content (AvgIpc) is 2.72. The number of sulfone groups is 1. The summed E-state index contributed by atoms with van der Waals surface area (Å²) in [4.78, 5) is 28.6. The first-order valence-electron chi connectivity index (χ1n) is 9.02. The molecule has 0 aliphatic carbocycles. The topological polar surface area (TPSA) is 164 Å². The molecule has 13 heteroatoms. The maximum Gasteiger partial charge on any atom is 0.387 e. The summed E-state index contributed by atoms with van der Waals surface area (Å²) < 4.78 is 55.0. The smallest absolute Gasteiger partial charge is 0.387 e. The number of nitriles is 1. The first kappa shape index (κ1) is 24.5. The third-order valence-corrected chi connectivity index (χ3v) is 5.62. The number of hydrogen-bond acceptors (Lipinski definition) is 8. The number of para-hydroxylation sites is 1. The van der Waals surface area contributed by atoms with E-state index in [9.17, 15) is 26.8 Å². The molecule has 1 atom stereocenters. The number of aromatic nitrogens is 1. The molecule has 0 fully saturated rings. The number of nitrogens with one attached hydrogen (secondary N) is 2. The summed E-state index contributed by atoms with van der Waals surface area (Å²) >= 11 is 0. The Hall–Kier alpha value is -3.79. The molecule has 0 radical (unpaired) electrons. The molecule has 2 aromatic rings. The van der Waals surface area contributed by atoms with Crippen LogP contribution in [-0.2, 0) is 20.4 Å².